The van der Waals surface area contributed by atoms with Crippen molar-refractivity contribution in [2.45, 2.75) is 25.9 Å². The van der Waals surface area contributed by atoms with E-state index in [2.05, 4.69) is 4.98 Å². The molecule has 3 aromatic rings. The summed E-state index contributed by atoms with van der Waals surface area (Å²) in [5.41, 5.74) is 14.2. The van der Waals surface area contributed by atoms with Crippen LogP contribution in [0.4, 0.5) is 24.7 Å². The number of nitrogens with zero attached hydrogens (tertiary/aromatic N) is 1. The van der Waals surface area contributed by atoms with Gasteiger partial charge in [0.2, 0.25) is 0 Å². The van der Waals surface area contributed by atoms with E-state index in [-0.39, 0.29) is 5.92 Å². The fourth-order valence-electron chi connectivity index (χ4n) is 3.11. The Kier molecular flexibility index (Phi) is 4.55. The second kappa shape index (κ2) is 6.57. The number of pyridine rings is 1. The molecule has 0 unspecified atom stereocenters. The quantitative estimate of drug-likeness (QED) is 0.436. The van der Waals surface area contributed by atoms with Gasteiger partial charge in [0.1, 0.15) is 5.82 Å². The Morgan fingerprint density at radius 3 is 2.19 bits per heavy atom. The predicted octanol–water partition coefficient (Wildman–Crippen LogP) is 5.21. The Balaban J connectivity index is 2.37. The van der Waals surface area contributed by atoms with Crippen LogP contribution in [0.1, 0.15) is 36.6 Å². The molecule has 0 spiro atoms. The van der Waals surface area contributed by atoms with Crippen molar-refractivity contribution in [2.24, 2.45) is 0 Å². The molecular weight excluding hydrogens is 353 g/mol. The molecule has 140 valence electrons. The summed E-state index contributed by atoms with van der Waals surface area (Å²) in [6.45, 7) is 3.88. The number of nitrogen functional groups attached to an aromatic ring is 2. The Morgan fingerprint density at radius 2 is 1.67 bits per heavy atom. The molecular formula is C20H19F3N4. The molecule has 0 bridgehead atoms. The number of fused-ring (bicyclic) bond motifs is 1. The van der Waals surface area contributed by atoms with E-state index in [9.17, 15) is 13.2 Å². The first kappa shape index (κ1) is 18.7. The first-order valence-corrected chi connectivity index (χ1v) is 8.34. The smallest absolute Gasteiger partial charge is 0.398 e. The van der Waals surface area contributed by atoms with Gasteiger partial charge in [-0.25, -0.2) is 4.98 Å². The lowest BCUT2D eigenvalue weighted by molar-refractivity contribution is -0.137. The van der Waals surface area contributed by atoms with Gasteiger partial charge in [0.25, 0.3) is 0 Å². The van der Waals surface area contributed by atoms with E-state index in [1.807, 2.05) is 13.8 Å². The Hall–Kier alpha value is -3.09. The van der Waals surface area contributed by atoms with Crippen molar-refractivity contribution in [3.8, 4) is 11.1 Å². The van der Waals surface area contributed by atoms with Gasteiger partial charge < -0.3 is 16.9 Å². The average molecular weight is 372 g/mol. The number of anilines is 2. The molecule has 27 heavy (non-hydrogen) atoms. The van der Waals surface area contributed by atoms with Crippen molar-refractivity contribution < 1.29 is 13.2 Å². The van der Waals surface area contributed by atoms with Gasteiger partial charge in [-0.2, -0.15) is 13.2 Å². The fraction of sp³-hybridized carbons (Fsp3) is 0.200. The van der Waals surface area contributed by atoms with E-state index in [1.54, 1.807) is 12.1 Å². The zero-order chi connectivity index (χ0) is 19.9. The lowest BCUT2D eigenvalue weighted by Crippen LogP contribution is -2.06. The van der Waals surface area contributed by atoms with Gasteiger partial charge in [0, 0.05) is 28.4 Å². The van der Waals surface area contributed by atoms with Crippen LogP contribution in [-0.2, 0) is 6.18 Å². The summed E-state index contributed by atoms with van der Waals surface area (Å²) in [6, 6.07) is 8.35. The highest BCUT2D eigenvalue weighted by atomic mass is 19.4. The molecule has 5 N–H and O–H groups in total. The molecule has 4 nitrogen and oxygen atoms in total. The molecule has 0 saturated heterocycles. The topological polar surface area (TPSA) is 88.8 Å². The fourth-order valence-corrected chi connectivity index (χ4v) is 3.11. The van der Waals surface area contributed by atoms with Crippen molar-refractivity contribution in [1.82, 2.24) is 4.98 Å². The van der Waals surface area contributed by atoms with Crippen LogP contribution in [0.25, 0.3) is 21.9 Å². The number of halogens is 3. The van der Waals surface area contributed by atoms with Crippen LogP contribution in [0.2, 0.25) is 0 Å². The first-order valence-electron chi connectivity index (χ1n) is 8.34. The summed E-state index contributed by atoms with van der Waals surface area (Å²) < 4.78 is 38.7. The van der Waals surface area contributed by atoms with Gasteiger partial charge in [-0.15, -0.1) is 0 Å². The van der Waals surface area contributed by atoms with Gasteiger partial charge in [-0.05, 0) is 41.1 Å². The average Bonchev–Trinajstić information content (AvgIpc) is 2.61. The maximum atomic E-state index is 12.9. The minimum Gasteiger partial charge on any atom is -0.398 e. The number of hydrogen-bond acceptors (Lipinski definition) is 4. The Morgan fingerprint density at radius 1 is 1.04 bits per heavy atom. The molecule has 0 aliphatic rings. The second-order valence-electron chi connectivity index (χ2n) is 6.66. The number of nitrogens with two attached hydrogens (primary N) is 2. The normalized spacial score (nSPS) is 11.9. The molecule has 2 aromatic carbocycles. The molecule has 1 aromatic heterocycles. The molecule has 7 heteroatoms. The molecule has 0 aliphatic heterocycles. The third-order valence-electron chi connectivity index (χ3n) is 4.47. The summed E-state index contributed by atoms with van der Waals surface area (Å²) in [6.07, 6.45) is -3.26. The lowest BCUT2D eigenvalue weighted by Gasteiger charge is -2.18. The summed E-state index contributed by atoms with van der Waals surface area (Å²) in [4.78, 5) is 4.49. The molecule has 0 atom stereocenters. The number of aromatic nitrogens is 1. The third kappa shape index (κ3) is 3.32. The van der Waals surface area contributed by atoms with Crippen molar-refractivity contribution in [1.29, 1.82) is 5.41 Å². The standard InChI is InChI=1S/C20H19F3N4/c1-10(2)18-17(11-3-5-13(6-4-11)20(21,22)23)14-7-12(9-24)16(25)8-15(14)19(26)27-18/h3-10,24H,25H2,1-2H3,(H2,26,27). The van der Waals surface area contributed by atoms with Crippen LogP contribution < -0.4 is 11.5 Å². The number of hydrogen-bond donors (Lipinski definition) is 3. The summed E-state index contributed by atoms with van der Waals surface area (Å²) in [7, 11) is 0. The summed E-state index contributed by atoms with van der Waals surface area (Å²) >= 11 is 0. The van der Waals surface area contributed by atoms with Crippen LogP contribution in [0.15, 0.2) is 36.4 Å². The van der Waals surface area contributed by atoms with Crippen molar-refractivity contribution in [3.05, 3.63) is 53.2 Å². The minimum atomic E-state index is -4.40. The maximum absolute atomic E-state index is 12.9. The van der Waals surface area contributed by atoms with E-state index >= 15 is 0 Å². The molecule has 3 rings (SSSR count). The van der Waals surface area contributed by atoms with Gasteiger partial charge in [-0.3, -0.25) is 0 Å². The van der Waals surface area contributed by atoms with Crippen LogP contribution in [0, 0.1) is 5.41 Å². The van der Waals surface area contributed by atoms with E-state index in [0.717, 1.165) is 18.3 Å². The Labute approximate surface area is 154 Å². The lowest BCUT2D eigenvalue weighted by atomic mass is 9.91. The number of benzene rings is 2. The third-order valence-corrected chi connectivity index (χ3v) is 4.47. The highest BCUT2D eigenvalue weighted by Crippen LogP contribution is 2.39. The van der Waals surface area contributed by atoms with E-state index < -0.39 is 11.7 Å². The van der Waals surface area contributed by atoms with Gasteiger partial charge >= 0.3 is 6.18 Å². The van der Waals surface area contributed by atoms with E-state index in [4.69, 9.17) is 16.9 Å². The van der Waals surface area contributed by atoms with Crippen LogP contribution in [0.5, 0.6) is 0 Å². The van der Waals surface area contributed by atoms with Gasteiger partial charge in [0.15, 0.2) is 0 Å². The number of nitrogens with one attached hydrogen (secondary N) is 1. The van der Waals surface area contributed by atoms with Gasteiger partial charge in [0.05, 0.1) is 11.3 Å². The number of rotatable bonds is 3. The number of alkyl halides is 3. The highest BCUT2D eigenvalue weighted by Gasteiger charge is 2.30. The summed E-state index contributed by atoms with van der Waals surface area (Å²) in [5, 5.41) is 8.86. The first-order chi connectivity index (χ1) is 12.6. The molecule has 1 heterocycles. The Bertz CT molecular complexity index is 1020. The SMILES string of the molecule is CC(C)c1nc(N)c2cc(N)c(C=N)cc2c1-c1ccc(C(F)(F)F)cc1. The van der Waals surface area contributed by atoms with Crippen molar-refractivity contribution >= 4 is 28.5 Å². The van der Waals surface area contributed by atoms with E-state index in [0.29, 0.717) is 44.7 Å². The molecule has 0 aliphatic carbocycles. The largest absolute Gasteiger partial charge is 0.416 e. The minimum absolute atomic E-state index is 0.00465. The zero-order valence-electron chi connectivity index (χ0n) is 14.9. The zero-order valence-corrected chi connectivity index (χ0v) is 14.9. The highest BCUT2D eigenvalue weighted by molar-refractivity contribution is 6.07. The molecule has 0 radical (unpaired) electrons. The molecule has 0 amide bonds. The van der Waals surface area contributed by atoms with Crippen LogP contribution >= 0.6 is 0 Å². The molecule has 0 saturated carbocycles. The second-order valence-corrected chi connectivity index (χ2v) is 6.66. The predicted molar refractivity (Wildman–Crippen MR) is 103 cm³/mol. The van der Waals surface area contributed by atoms with Crippen molar-refractivity contribution in [2.75, 3.05) is 11.5 Å². The van der Waals surface area contributed by atoms with Crippen LogP contribution in [-0.4, -0.2) is 11.2 Å². The maximum Gasteiger partial charge on any atom is 0.416 e. The molecule has 0 fully saturated rings. The van der Waals surface area contributed by atoms with E-state index in [1.165, 1.54) is 12.1 Å². The van der Waals surface area contributed by atoms with Crippen molar-refractivity contribution in [3.63, 3.8) is 0 Å². The van der Waals surface area contributed by atoms with Crippen LogP contribution in [0.3, 0.4) is 0 Å². The summed E-state index contributed by atoms with van der Waals surface area (Å²) in [5.74, 6) is 0.294. The monoisotopic (exact) mass is 372 g/mol. The van der Waals surface area contributed by atoms with Gasteiger partial charge in [-0.1, -0.05) is 26.0 Å².